The highest BCUT2D eigenvalue weighted by Crippen LogP contribution is 2.64. The van der Waals surface area contributed by atoms with Crippen molar-refractivity contribution in [3.63, 3.8) is 0 Å². The first-order valence-corrected chi connectivity index (χ1v) is 12.5. The fraction of sp³-hybridized carbons (Fsp3) is 0.593. The van der Waals surface area contributed by atoms with Crippen molar-refractivity contribution in [2.75, 3.05) is 13.6 Å². The number of benzene rings is 1. The normalized spacial score (nSPS) is 31.4. The van der Waals surface area contributed by atoms with Crippen LogP contribution in [0, 0.1) is 5.92 Å². The molecule has 9 nitrogen and oxygen atoms in total. The van der Waals surface area contributed by atoms with Gasteiger partial charge in [-0.25, -0.2) is 0 Å². The Balaban J connectivity index is 1.44. The Hall–Kier alpha value is -2.75. The average Bonchev–Trinajstić information content (AvgIpc) is 3.18. The standard InChI is InChI=1S/C27H33NO8/c1-14(11-21(31)34-16(3)15(2)30)25(32)35-19-7-8-27(33)20-12-17-5-6-18(13-29)23-22(17)26(27,24(19)36-23)9-10-28(20)4/h5-7,14,16,20,24,29,33H,8-13H2,1-4H3/t14-,16-,20+,24-,26-,27+/m0/s1. The summed E-state index contributed by atoms with van der Waals surface area (Å²) < 4.78 is 17.3. The van der Waals surface area contributed by atoms with Crippen molar-refractivity contribution in [3.8, 4) is 5.75 Å². The summed E-state index contributed by atoms with van der Waals surface area (Å²) in [5.74, 6) is -1.46. The van der Waals surface area contributed by atoms with Crippen molar-refractivity contribution >= 4 is 17.7 Å². The Labute approximate surface area is 210 Å². The second-order valence-corrected chi connectivity index (χ2v) is 10.7. The second kappa shape index (κ2) is 8.68. The molecule has 0 aromatic heterocycles. The van der Waals surface area contributed by atoms with Gasteiger partial charge in [0.25, 0.3) is 0 Å². The van der Waals surface area contributed by atoms with Gasteiger partial charge in [-0.1, -0.05) is 19.1 Å². The molecule has 2 aliphatic heterocycles. The summed E-state index contributed by atoms with van der Waals surface area (Å²) in [7, 11) is 2.02. The molecule has 2 heterocycles. The van der Waals surface area contributed by atoms with E-state index in [9.17, 15) is 24.6 Å². The number of hydrogen-bond donors (Lipinski definition) is 2. The molecule has 6 atom stereocenters. The number of Topliss-reactive ketones (excluding diaryl/α,β-unsaturated/α-hetero) is 1. The lowest BCUT2D eigenvalue weighted by Crippen LogP contribution is -2.74. The first-order chi connectivity index (χ1) is 17.0. The van der Waals surface area contributed by atoms with Gasteiger partial charge in [-0.2, -0.15) is 0 Å². The van der Waals surface area contributed by atoms with Crippen LogP contribution in [0.1, 0.15) is 56.7 Å². The summed E-state index contributed by atoms with van der Waals surface area (Å²) >= 11 is 0. The van der Waals surface area contributed by atoms with E-state index in [2.05, 4.69) is 4.90 Å². The van der Waals surface area contributed by atoms with Crippen LogP contribution in [0.4, 0.5) is 0 Å². The van der Waals surface area contributed by atoms with Crippen LogP contribution in [0.2, 0.25) is 0 Å². The number of carbonyl (C=O) groups excluding carboxylic acids is 3. The first-order valence-electron chi connectivity index (χ1n) is 12.5. The fourth-order valence-electron chi connectivity index (χ4n) is 6.51. The first kappa shape index (κ1) is 24.9. The number of hydrogen-bond acceptors (Lipinski definition) is 9. The zero-order valence-electron chi connectivity index (χ0n) is 21.1. The van der Waals surface area contributed by atoms with E-state index in [1.807, 2.05) is 19.2 Å². The number of aliphatic hydroxyl groups excluding tert-OH is 1. The summed E-state index contributed by atoms with van der Waals surface area (Å²) in [6.07, 6.45) is 1.47. The molecular formula is C27H33NO8. The molecule has 0 radical (unpaired) electrons. The number of ether oxygens (including phenoxy) is 3. The third kappa shape index (κ3) is 3.43. The monoisotopic (exact) mass is 499 g/mol. The zero-order chi connectivity index (χ0) is 26.0. The molecule has 1 spiro atoms. The summed E-state index contributed by atoms with van der Waals surface area (Å²) in [5.41, 5.74) is 0.711. The van der Waals surface area contributed by atoms with Crippen molar-refractivity contribution in [2.24, 2.45) is 5.92 Å². The Bertz CT molecular complexity index is 1160. The largest absolute Gasteiger partial charge is 0.481 e. The third-order valence-electron chi connectivity index (χ3n) is 8.60. The Morgan fingerprint density at radius 2 is 2.03 bits per heavy atom. The lowest BCUT2D eigenvalue weighted by Gasteiger charge is -2.61. The molecule has 1 aromatic rings. The second-order valence-electron chi connectivity index (χ2n) is 10.7. The number of piperidine rings is 1. The number of nitrogens with zero attached hydrogens (tertiary/aromatic N) is 1. The van der Waals surface area contributed by atoms with Crippen molar-refractivity contribution in [2.45, 2.75) is 82.3 Å². The molecule has 0 amide bonds. The van der Waals surface area contributed by atoms with Gasteiger partial charge in [0.2, 0.25) is 0 Å². The van der Waals surface area contributed by atoms with Crippen molar-refractivity contribution in [1.82, 2.24) is 4.90 Å². The minimum absolute atomic E-state index is 0.124. The quantitative estimate of drug-likeness (QED) is 0.538. The van der Waals surface area contributed by atoms with Crippen LogP contribution < -0.4 is 4.74 Å². The number of likely N-dealkylation sites (tertiary alicyclic amines) is 1. The molecule has 1 aromatic carbocycles. The minimum Gasteiger partial charge on any atom is -0.481 e. The van der Waals surface area contributed by atoms with E-state index in [1.54, 1.807) is 13.0 Å². The van der Waals surface area contributed by atoms with Crippen molar-refractivity contribution < 1.29 is 38.8 Å². The zero-order valence-corrected chi connectivity index (χ0v) is 21.1. The van der Waals surface area contributed by atoms with Crippen molar-refractivity contribution in [3.05, 3.63) is 40.7 Å². The number of carbonyl (C=O) groups is 3. The molecule has 4 aliphatic rings. The minimum atomic E-state index is -1.12. The van der Waals surface area contributed by atoms with Crippen molar-refractivity contribution in [1.29, 1.82) is 0 Å². The van der Waals surface area contributed by atoms with Crippen LogP contribution in [-0.4, -0.2) is 70.3 Å². The van der Waals surface area contributed by atoms with E-state index in [-0.39, 0.29) is 24.9 Å². The highest BCUT2D eigenvalue weighted by atomic mass is 16.6. The fourth-order valence-corrected chi connectivity index (χ4v) is 6.51. The summed E-state index contributed by atoms with van der Waals surface area (Å²) in [6.45, 7) is 4.92. The van der Waals surface area contributed by atoms with Crippen LogP contribution >= 0.6 is 0 Å². The average molecular weight is 500 g/mol. The molecule has 2 bridgehead atoms. The molecule has 0 unspecified atom stereocenters. The third-order valence-corrected chi connectivity index (χ3v) is 8.60. The number of esters is 2. The van der Waals surface area contributed by atoms with E-state index < -0.39 is 41.1 Å². The van der Waals surface area contributed by atoms with Gasteiger partial charge in [0.1, 0.15) is 11.5 Å². The van der Waals surface area contributed by atoms with Gasteiger partial charge >= 0.3 is 11.9 Å². The number of likely N-dealkylation sites (N-methyl/N-ethyl adjacent to an activating group) is 1. The molecule has 0 saturated carbocycles. The van der Waals surface area contributed by atoms with Gasteiger partial charge < -0.3 is 29.3 Å². The van der Waals surface area contributed by atoms with Gasteiger partial charge in [0.15, 0.2) is 18.0 Å². The maximum atomic E-state index is 13.0. The van der Waals surface area contributed by atoms with E-state index in [0.29, 0.717) is 36.3 Å². The summed E-state index contributed by atoms with van der Waals surface area (Å²) in [5, 5.41) is 22.2. The van der Waals surface area contributed by atoms with Crippen LogP contribution in [0.5, 0.6) is 5.75 Å². The molecule has 36 heavy (non-hydrogen) atoms. The molecule has 1 saturated heterocycles. The maximum absolute atomic E-state index is 13.0. The van der Waals surface area contributed by atoms with Gasteiger partial charge in [0, 0.05) is 23.6 Å². The lowest BCUT2D eigenvalue weighted by atomic mass is 9.50. The molecule has 194 valence electrons. The van der Waals surface area contributed by atoms with Gasteiger partial charge in [-0.3, -0.25) is 14.4 Å². The SMILES string of the molecule is CC(=O)[C@H](C)OC(=O)C[C@H](C)C(=O)OC1=CC[C@@]2(O)[C@H]3Cc4ccc(CO)c5c4[C@@]2(CCN3C)[C@H]1O5. The molecule has 2 N–H and O–H groups in total. The Kier molecular flexibility index (Phi) is 6.01. The predicted octanol–water partition coefficient (Wildman–Crippen LogP) is 1.55. The summed E-state index contributed by atoms with van der Waals surface area (Å²) in [6, 6.07) is 3.73. The lowest BCUT2D eigenvalue weighted by molar-refractivity contribution is -0.171. The number of ketones is 1. The Morgan fingerprint density at radius 1 is 1.28 bits per heavy atom. The molecular weight excluding hydrogens is 466 g/mol. The van der Waals surface area contributed by atoms with Gasteiger partial charge in [0.05, 0.1) is 30.0 Å². The highest BCUT2D eigenvalue weighted by Gasteiger charge is 2.71. The Morgan fingerprint density at radius 3 is 2.72 bits per heavy atom. The number of rotatable bonds is 7. The van der Waals surface area contributed by atoms with E-state index in [1.165, 1.54) is 13.8 Å². The van der Waals surface area contributed by atoms with Crippen LogP contribution in [0.25, 0.3) is 0 Å². The van der Waals surface area contributed by atoms with Gasteiger partial charge in [-0.05, 0) is 51.9 Å². The van der Waals surface area contributed by atoms with Gasteiger partial charge in [-0.15, -0.1) is 0 Å². The van der Waals surface area contributed by atoms with Crippen LogP contribution in [0.3, 0.4) is 0 Å². The highest BCUT2D eigenvalue weighted by molar-refractivity contribution is 5.85. The van der Waals surface area contributed by atoms with Crippen LogP contribution in [-0.2, 0) is 42.3 Å². The molecule has 2 aliphatic carbocycles. The topological polar surface area (TPSA) is 123 Å². The molecule has 5 rings (SSSR count). The number of aliphatic hydroxyl groups is 2. The maximum Gasteiger partial charge on any atom is 0.314 e. The molecule has 1 fully saturated rings. The van der Waals surface area contributed by atoms with Crippen LogP contribution in [0.15, 0.2) is 24.0 Å². The van der Waals surface area contributed by atoms with E-state index in [0.717, 1.165) is 17.7 Å². The predicted molar refractivity (Wildman–Crippen MR) is 127 cm³/mol. The van der Waals surface area contributed by atoms with E-state index in [4.69, 9.17) is 14.2 Å². The summed E-state index contributed by atoms with van der Waals surface area (Å²) in [4.78, 5) is 38.7. The molecule has 9 heteroatoms. The smallest absolute Gasteiger partial charge is 0.314 e. The van der Waals surface area contributed by atoms with E-state index >= 15 is 0 Å².